The van der Waals surface area contributed by atoms with Gasteiger partial charge in [0.15, 0.2) is 0 Å². The molecular weight excluding hydrogens is 288 g/mol. The average molecular weight is 310 g/mol. The first-order valence-electron chi connectivity index (χ1n) is 7.86. The quantitative estimate of drug-likeness (QED) is 0.870. The standard InChI is InChI=1S/C14H22N4O2S/c1-2-3-9-4-7-11(13(19)20)12(8-9)21-14-15-16-17-18(14)10-5-6-10/h9-12H,2-8H2,1H3,(H,19,20). The SMILES string of the molecule is CCCC1CCC(C(=O)O)C(Sc2nnnn2C2CC2)C1. The van der Waals surface area contributed by atoms with Gasteiger partial charge in [-0.05, 0) is 48.4 Å². The minimum absolute atomic E-state index is 0.0938. The highest BCUT2D eigenvalue weighted by molar-refractivity contribution is 7.99. The van der Waals surface area contributed by atoms with Crippen molar-refractivity contribution in [3.8, 4) is 0 Å². The number of hydrogen-bond acceptors (Lipinski definition) is 5. The van der Waals surface area contributed by atoms with Crippen LogP contribution in [-0.4, -0.2) is 36.5 Å². The Morgan fingerprint density at radius 1 is 1.38 bits per heavy atom. The molecule has 0 radical (unpaired) electrons. The highest BCUT2D eigenvalue weighted by atomic mass is 32.2. The lowest BCUT2D eigenvalue weighted by atomic mass is 9.80. The van der Waals surface area contributed by atoms with E-state index in [1.54, 1.807) is 11.8 Å². The minimum atomic E-state index is -0.673. The zero-order valence-corrected chi connectivity index (χ0v) is 13.1. The van der Waals surface area contributed by atoms with Crippen molar-refractivity contribution >= 4 is 17.7 Å². The summed E-state index contributed by atoms with van der Waals surface area (Å²) < 4.78 is 1.88. The van der Waals surface area contributed by atoms with Crippen molar-refractivity contribution < 1.29 is 9.90 Å². The summed E-state index contributed by atoms with van der Waals surface area (Å²) >= 11 is 1.58. The van der Waals surface area contributed by atoms with Crippen molar-refractivity contribution in [1.29, 1.82) is 0 Å². The van der Waals surface area contributed by atoms with Crippen LogP contribution in [0.15, 0.2) is 5.16 Å². The second-order valence-corrected chi connectivity index (χ2v) is 7.41. The first kappa shape index (κ1) is 14.8. The van der Waals surface area contributed by atoms with Gasteiger partial charge in [-0.25, -0.2) is 4.68 Å². The Hall–Kier alpha value is -1.11. The van der Waals surface area contributed by atoms with Crippen LogP contribution in [-0.2, 0) is 4.79 Å². The Bertz CT molecular complexity index is 503. The normalized spacial score (nSPS) is 29.5. The zero-order valence-electron chi connectivity index (χ0n) is 12.3. The van der Waals surface area contributed by atoms with E-state index in [1.807, 2.05) is 4.68 Å². The number of hydrogen-bond donors (Lipinski definition) is 1. The Balaban J connectivity index is 1.72. The predicted molar refractivity (Wildman–Crippen MR) is 79.1 cm³/mol. The lowest BCUT2D eigenvalue weighted by molar-refractivity contribution is -0.142. The van der Waals surface area contributed by atoms with Crippen LogP contribution in [0.25, 0.3) is 0 Å². The molecule has 2 aliphatic rings. The maximum atomic E-state index is 11.5. The number of carboxylic acids is 1. The van der Waals surface area contributed by atoms with Crippen LogP contribution >= 0.6 is 11.8 Å². The van der Waals surface area contributed by atoms with Gasteiger partial charge in [-0.2, -0.15) is 0 Å². The van der Waals surface area contributed by atoms with E-state index in [0.717, 1.165) is 37.3 Å². The highest BCUT2D eigenvalue weighted by Gasteiger charge is 2.37. The maximum absolute atomic E-state index is 11.5. The number of carboxylic acid groups (broad SMARTS) is 1. The molecule has 3 rings (SSSR count). The number of carbonyl (C=O) groups is 1. The van der Waals surface area contributed by atoms with Crippen LogP contribution in [0.1, 0.15) is 57.9 Å². The molecule has 2 saturated carbocycles. The summed E-state index contributed by atoms with van der Waals surface area (Å²) in [6.45, 7) is 2.19. The van der Waals surface area contributed by atoms with Crippen LogP contribution in [0.2, 0.25) is 0 Å². The van der Waals surface area contributed by atoms with Gasteiger partial charge in [0, 0.05) is 5.25 Å². The number of aromatic nitrogens is 4. The van der Waals surface area contributed by atoms with Crippen molar-refractivity contribution in [3.05, 3.63) is 0 Å². The molecular formula is C14H22N4O2S. The van der Waals surface area contributed by atoms with E-state index in [1.165, 1.54) is 12.8 Å². The van der Waals surface area contributed by atoms with Gasteiger partial charge in [-0.1, -0.05) is 31.5 Å². The number of nitrogens with zero attached hydrogens (tertiary/aromatic N) is 4. The fraction of sp³-hybridized carbons (Fsp3) is 0.857. The summed E-state index contributed by atoms with van der Waals surface area (Å²) in [6, 6.07) is 0.431. The maximum Gasteiger partial charge on any atom is 0.307 e. The van der Waals surface area contributed by atoms with Crippen LogP contribution in [0.5, 0.6) is 0 Å². The smallest absolute Gasteiger partial charge is 0.307 e. The van der Waals surface area contributed by atoms with Gasteiger partial charge < -0.3 is 5.11 Å². The summed E-state index contributed by atoms with van der Waals surface area (Å²) in [5, 5.41) is 22.3. The molecule has 2 fully saturated rings. The molecule has 0 spiro atoms. The number of tetrazole rings is 1. The van der Waals surface area contributed by atoms with E-state index in [4.69, 9.17) is 0 Å². The van der Waals surface area contributed by atoms with E-state index >= 15 is 0 Å². The predicted octanol–water partition coefficient (Wildman–Crippen LogP) is 2.77. The molecule has 3 atom stereocenters. The van der Waals surface area contributed by atoms with Gasteiger partial charge in [-0.3, -0.25) is 4.79 Å². The summed E-state index contributed by atoms with van der Waals surface area (Å²) in [5.74, 6) is -0.297. The van der Waals surface area contributed by atoms with Crippen molar-refractivity contribution in [3.63, 3.8) is 0 Å². The number of thioether (sulfide) groups is 1. The second kappa shape index (κ2) is 6.34. The molecule has 0 bridgehead atoms. The van der Waals surface area contributed by atoms with E-state index in [2.05, 4.69) is 22.4 Å². The third-order valence-corrected chi connectivity index (χ3v) is 5.83. The molecule has 1 N–H and O–H groups in total. The fourth-order valence-electron chi connectivity index (χ4n) is 3.24. The Labute approximate surface area is 128 Å². The van der Waals surface area contributed by atoms with Gasteiger partial charge in [-0.15, -0.1) is 5.10 Å². The van der Waals surface area contributed by atoms with Gasteiger partial charge in [0.2, 0.25) is 5.16 Å². The lowest BCUT2D eigenvalue weighted by Gasteiger charge is -2.33. The van der Waals surface area contributed by atoms with E-state index in [0.29, 0.717) is 12.0 Å². The molecule has 1 aromatic rings. The van der Waals surface area contributed by atoms with Crippen LogP contribution in [0.3, 0.4) is 0 Å². The zero-order chi connectivity index (χ0) is 14.8. The topological polar surface area (TPSA) is 80.9 Å². The first-order valence-corrected chi connectivity index (χ1v) is 8.74. The summed E-state index contributed by atoms with van der Waals surface area (Å²) in [7, 11) is 0. The van der Waals surface area contributed by atoms with Gasteiger partial charge >= 0.3 is 5.97 Å². The fourth-order valence-corrected chi connectivity index (χ4v) is 4.67. The third-order valence-electron chi connectivity index (χ3n) is 4.53. The molecule has 3 unspecified atom stereocenters. The molecule has 2 aliphatic carbocycles. The van der Waals surface area contributed by atoms with E-state index in [-0.39, 0.29) is 11.2 Å². The number of aliphatic carboxylic acids is 1. The largest absolute Gasteiger partial charge is 0.481 e. The van der Waals surface area contributed by atoms with Gasteiger partial charge in [0.25, 0.3) is 0 Å². The molecule has 1 aromatic heterocycles. The molecule has 116 valence electrons. The monoisotopic (exact) mass is 310 g/mol. The third kappa shape index (κ3) is 3.39. The summed E-state index contributed by atoms with van der Waals surface area (Å²) in [6.07, 6.45) is 7.40. The Morgan fingerprint density at radius 3 is 2.86 bits per heavy atom. The van der Waals surface area contributed by atoms with E-state index < -0.39 is 5.97 Å². The summed E-state index contributed by atoms with van der Waals surface area (Å²) in [4.78, 5) is 11.5. The molecule has 1 heterocycles. The minimum Gasteiger partial charge on any atom is -0.481 e. The number of rotatable bonds is 6. The molecule has 21 heavy (non-hydrogen) atoms. The Morgan fingerprint density at radius 2 is 2.19 bits per heavy atom. The lowest BCUT2D eigenvalue weighted by Crippen LogP contribution is -2.33. The van der Waals surface area contributed by atoms with Crippen molar-refractivity contribution in [1.82, 2.24) is 20.2 Å². The molecule has 0 saturated heterocycles. The van der Waals surface area contributed by atoms with Crippen LogP contribution in [0.4, 0.5) is 0 Å². The average Bonchev–Trinajstić information content (AvgIpc) is 3.20. The molecule has 7 heteroatoms. The van der Waals surface area contributed by atoms with Crippen LogP contribution < -0.4 is 0 Å². The van der Waals surface area contributed by atoms with Gasteiger partial charge in [0.05, 0.1) is 12.0 Å². The molecule has 0 aliphatic heterocycles. The molecule has 6 nitrogen and oxygen atoms in total. The Kier molecular flexibility index (Phi) is 4.47. The van der Waals surface area contributed by atoms with Gasteiger partial charge in [0.1, 0.15) is 0 Å². The molecule has 0 amide bonds. The second-order valence-electron chi connectivity index (χ2n) is 6.21. The molecule has 0 aromatic carbocycles. The first-order chi connectivity index (χ1) is 10.2. The van der Waals surface area contributed by atoms with E-state index in [9.17, 15) is 9.90 Å². The summed E-state index contributed by atoms with van der Waals surface area (Å²) in [5.41, 5.74) is 0. The highest BCUT2D eigenvalue weighted by Crippen LogP contribution is 2.43. The van der Waals surface area contributed by atoms with Crippen LogP contribution in [0, 0.1) is 11.8 Å². The van der Waals surface area contributed by atoms with Crippen molar-refractivity contribution in [2.24, 2.45) is 11.8 Å². The van der Waals surface area contributed by atoms with Crippen molar-refractivity contribution in [2.75, 3.05) is 0 Å². The van der Waals surface area contributed by atoms with Crippen molar-refractivity contribution in [2.45, 2.75) is 68.3 Å².